The van der Waals surface area contributed by atoms with E-state index in [0.717, 1.165) is 0 Å². The monoisotopic (exact) mass is 296 g/mol. The van der Waals surface area contributed by atoms with Crippen molar-refractivity contribution in [3.63, 3.8) is 0 Å². The molecule has 0 radical (unpaired) electrons. The molecule has 0 aliphatic rings. The summed E-state index contributed by atoms with van der Waals surface area (Å²) in [6, 6.07) is 8.18. The van der Waals surface area contributed by atoms with Gasteiger partial charge in [-0.05, 0) is 18.2 Å². The molecule has 2 aromatic rings. The molecular weight excluding hydrogens is 280 g/mol. The summed E-state index contributed by atoms with van der Waals surface area (Å²) in [5, 5.41) is 9.11. The van der Waals surface area contributed by atoms with Gasteiger partial charge in [0.05, 0.1) is 19.4 Å². The Morgan fingerprint density at radius 1 is 1.35 bits per heavy atom. The Hall–Kier alpha value is -1.99. The van der Waals surface area contributed by atoms with E-state index < -0.39 is 10.0 Å². The number of ether oxygens (including phenoxy) is 1. The van der Waals surface area contributed by atoms with E-state index in [4.69, 9.17) is 9.84 Å². The second kappa shape index (κ2) is 5.56. The molecule has 1 aromatic carbocycles. The van der Waals surface area contributed by atoms with Crippen LogP contribution in [0.15, 0.2) is 41.4 Å². The highest BCUT2D eigenvalue weighted by Crippen LogP contribution is 2.26. The predicted octanol–water partition coefficient (Wildman–Crippen LogP) is 1.33. The predicted molar refractivity (Wildman–Crippen MR) is 75.1 cm³/mol. The van der Waals surface area contributed by atoms with Gasteiger partial charge in [-0.15, -0.1) is 0 Å². The molecule has 6 nitrogen and oxygen atoms in total. The van der Waals surface area contributed by atoms with Crippen LogP contribution in [-0.2, 0) is 23.7 Å². The number of rotatable bonds is 5. The van der Waals surface area contributed by atoms with E-state index >= 15 is 0 Å². The fraction of sp³-hybridized carbons (Fsp3) is 0.231. The van der Waals surface area contributed by atoms with E-state index in [0.29, 0.717) is 17.1 Å². The average molecular weight is 296 g/mol. The Kier molecular flexibility index (Phi) is 4.01. The quantitative estimate of drug-likeness (QED) is 0.872. The maximum Gasteiger partial charge on any atom is 0.263 e. The fourth-order valence-corrected chi connectivity index (χ4v) is 2.98. The lowest BCUT2D eigenvalue weighted by Gasteiger charge is -2.10. The molecular formula is C13H16N2O4S. The first-order valence-electron chi connectivity index (χ1n) is 5.90. The number of hydrogen-bond donors (Lipinski definition) is 2. The molecule has 0 bridgehead atoms. The van der Waals surface area contributed by atoms with E-state index in [-0.39, 0.29) is 11.5 Å². The highest BCUT2D eigenvalue weighted by molar-refractivity contribution is 7.92. The number of aryl methyl sites for hydroxylation is 1. The maximum atomic E-state index is 12.3. The van der Waals surface area contributed by atoms with Crippen molar-refractivity contribution in [2.45, 2.75) is 11.5 Å². The molecule has 0 unspecified atom stereocenters. The molecule has 2 rings (SSSR count). The van der Waals surface area contributed by atoms with Crippen molar-refractivity contribution >= 4 is 15.7 Å². The summed E-state index contributed by atoms with van der Waals surface area (Å²) < 4.78 is 33.7. The van der Waals surface area contributed by atoms with Gasteiger partial charge in [-0.3, -0.25) is 4.72 Å². The summed E-state index contributed by atoms with van der Waals surface area (Å²) in [4.78, 5) is 0.0926. The zero-order chi connectivity index (χ0) is 14.8. The second-order valence-electron chi connectivity index (χ2n) is 4.24. The Bertz CT molecular complexity index is 707. The lowest BCUT2D eigenvalue weighted by atomic mass is 10.3. The molecule has 0 spiro atoms. The molecule has 1 heterocycles. The number of nitrogens with one attached hydrogen (secondary N) is 1. The van der Waals surface area contributed by atoms with Gasteiger partial charge in [0.15, 0.2) is 0 Å². The number of sulfonamides is 1. The van der Waals surface area contributed by atoms with Gasteiger partial charge in [-0.25, -0.2) is 8.42 Å². The summed E-state index contributed by atoms with van der Waals surface area (Å²) in [6.45, 7) is -0.222. The molecule has 0 amide bonds. The number of hydrogen-bond acceptors (Lipinski definition) is 4. The number of aliphatic hydroxyl groups excluding tert-OH is 1. The zero-order valence-electron chi connectivity index (χ0n) is 11.2. The van der Waals surface area contributed by atoms with E-state index in [2.05, 4.69) is 4.72 Å². The molecule has 2 N–H and O–H groups in total. The van der Waals surface area contributed by atoms with Crippen molar-refractivity contribution in [2.75, 3.05) is 11.8 Å². The maximum absolute atomic E-state index is 12.3. The minimum Gasteiger partial charge on any atom is -0.495 e. The SMILES string of the molecule is COc1ccccc1NS(=O)(=O)c1cc(CO)n(C)c1. The van der Waals surface area contributed by atoms with Gasteiger partial charge in [0, 0.05) is 18.9 Å². The van der Waals surface area contributed by atoms with Gasteiger partial charge in [-0.1, -0.05) is 12.1 Å². The van der Waals surface area contributed by atoms with Crippen LogP contribution < -0.4 is 9.46 Å². The third kappa shape index (κ3) is 2.78. The summed E-state index contributed by atoms with van der Waals surface area (Å²) in [5.41, 5.74) is 0.884. The lowest BCUT2D eigenvalue weighted by molar-refractivity contribution is 0.272. The fourth-order valence-electron chi connectivity index (χ4n) is 1.81. The smallest absolute Gasteiger partial charge is 0.263 e. The summed E-state index contributed by atoms with van der Waals surface area (Å²) in [5.74, 6) is 0.439. The Morgan fingerprint density at radius 2 is 2.05 bits per heavy atom. The van der Waals surface area contributed by atoms with Crippen molar-refractivity contribution < 1.29 is 18.3 Å². The lowest BCUT2D eigenvalue weighted by Crippen LogP contribution is -2.13. The summed E-state index contributed by atoms with van der Waals surface area (Å²) in [7, 11) is -0.574. The number of para-hydroxylation sites is 2. The normalized spacial score (nSPS) is 11.3. The van der Waals surface area contributed by atoms with Crippen LogP contribution in [0.1, 0.15) is 5.69 Å². The molecule has 20 heavy (non-hydrogen) atoms. The van der Waals surface area contributed by atoms with Crippen molar-refractivity contribution in [2.24, 2.45) is 7.05 Å². The molecule has 0 aliphatic carbocycles. The minimum absolute atomic E-state index is 0.0926. The standard InChI is InChI=1S/C13H16N2O4S/c1-15-8-11(7-10(15)9-16)20(17,18)14-12-5-3-4-6-13(12)19-2/h3-8,14,16H,9H2,1-2H3. The van der Waals surface area contributed by atoms with Gasteiger partial charge in [-0.2, -0.15) is 0 Å². The molecule has 0 saturated heterocycles. The van der Waals surface area contributed by atoms with Gasteiger partial charge in [0.2, 0.25) is 0 Å². The summed E-state index contributed by atoms with van der Waals surface area (Å²) in [6.07, 6.45) is 1.45. The van der Waals surface area contributed by atoms with Gasteiger partial charge in [0.25, 0.3) is 10.0 Å². The van der Waals surface area contributed by atoms with Crippen molar-refractivity contribution in [1.82, 2.24) is 4.57 Å². The highest BCUT2D eigenvalue weighted by atomic mass is 32.2. The number of methoxy groups -OCH3 is 1. The first kappa shape index (κ1) is 14.4. The van der Waals surface area contributed by atoms with Gasteiger partial charge in [0.1, 0.15) is 10.6 Å². The van der Waals surface area contributed by atoms with E-state index in [1.165, 1.54) is 19.4 Å². The van der Waals surface area contributed by atoms with Crippen LogP contribution in [0.25, 0.3) is 0 Å². The molecule has 7 heteroatoms. The molecule has 0 aliphatic heterocycles. The largest absolute Gasteiger partial charge is 0.495 e. The Morgan fingerprint density at radius 3 is 2.65 bits per heavy atom. The van der Waals surface area contributed by atoms with Crippen molar-refractivity contribution in [3.05, 3.63) is 42.2 Å². The average Bonchev–Trinajstić information content (AvgIpc) is 2.81. The first-order chi connectivity index (χ1) is 9.47. The van der Waals surface area contributed by atoms with Gasteiger partial charge < -0.3 is 14.4 Å². The number of anilines is 1. The molecule has 0 atom stereocenters. The third-order valence-electron chi connectivity index (χ3n) is 2.91. The van der Waals surface area contributed by atoms with E-state index in [1.807, 2.05) is 0 Å². The van der Waals surface area contributed by atoms with Crippen LogP contribution in [0.3, 0.4) is 0 Å². The number of benzene rings is 1. The highest BCUT2D eigenvalue weighted by Gasteiger charge is 2.19. The zero-order valence-corrected chi connectivity index (χ0v) is 12.0. The molecule has 108 valence electrons. The number of aliphatic hydroxyl groups is 1. The number of nitrogens with zero attached hydrogens (tertiary/aromatic N) is 1. The van der Waals surface area contributed by atoms with Crippen LogP contribution in [0.2, 0.25) is 0 Å². The van der Waals surface area contributed by atoms with Crippen molar-refractivity contribution in [1.29, 1.82) is 0 Å². The van der Waals surface area contributed by atoms with Crippen LogP contribution in [0.5, 0.6) is 5.75 Å². The molecule has 1 aromatic heterocycles. The Balaban J connectivity index is 2.35. The second-order valence-corrected chi connectivity index (χ2v) is 5.92. The minimum atomic E-state index is -3.72. The number of aromatic nitrogens is 1. The van der Waals surface area contributed by atoms with E-state index in [1.54, 1.807) is 35.9 Å². The molecule has 0 saturated carbocycles. The van der Waals surface area contributed by atoms with E-state index in [9.17, 15) is 8.42 Å². The topological polar surface area (TPSA) is 80.6 Å². The summed E-state index contributed by atoms with van der Waals surface area (Å²) >= 11 is 0. The van der Waals surface area contributed by atoms with Crippen LogP contribution in [0.4, 0.5) is 5.69 Å². The first-order valence-corrected chi connectivity index (χ1v) is 7.38. The molecule has 0 fully saturated rings. The third-order valence-corrected chi connectivity index (χ3v) is 4.24. The Labute approximate surface area is 117 Å². The van der Waals surface area contributed by atoms with Gasteiger partial charge >= 0.3 is 0 Å². The van der Waals surface area contributed by atoms with Crippen LogP contribution in [0, 0.1) is 0 Å². The van der Waals surface area contributed by atoms with Crippen molar-refractivity contribution in [3.8, 4) is 5.75 Å². The van der Waals surface area contributed by atoms with Crippen LogP contribution in [-0.4, -0.2) is 25.2 Å². The van der Waals surface area contributed by atoms with Crippen LogP contribution >= 0.6 is 0 Å².